The Morgan fingerprint density at radius 2 is 1.76 bits per heavy atom. The number of nitrogens with zero attached hydrogens (tertiary/aromatic N) is 2. The van der Waals surface area contributed by atoms with Crippen LogP contribution in [0.5, 0.6) is 0 Å². The Morgan fingerprint density at radius 1 is 1.12 bits per heavy atom. The van der Waals surface area contributed by atoms with E-state index in [2.05, 4.69) is 15.7 Å². The number of hydrogen-bond acceptors (Lipinski definition) is 8. The van der Waals surface area contributed by atoms with Crippen LogP contribution >= 0.6 is 11.6 Å². The molecule has 1 aliphatic rings. The number of anilines is 2. The molecular weight excluding hydrogens is 611 g/mol. The SMILES string of the molecule is Cn1nc2cc(NC(CCC(=O)NS(=O)(=O)C(F)(F)F)S(C)(=O)=O)c(C3CC3)cc2c1C(=O)Nc1ccc(Cl)cc1. The summed E-state index contributed by atoms with van der Waals surface area (Å²) in [6, 6.07) is 9.83. The number of sulfone groups is 1. The van der Waals surface area contributed by atoms with Crippen LogP contribution in [0.25, 0.3) is 10.9 Å². The third kappa shape index (κ3) is 7.11. The van der Waals surface area contributed by atoms with E-state index in [9.17, 15) is 39.6 Å². The molecule has 17 heteroatoms. The minimum Gasteiger partial charge on any atom is -0.369 e. The smallest absolute Gasteiger partial charge is 0.369 e. The highest BCUT2D eigenvalue weighted by Crippen LogP contribution is 2.45. The van der Waals surface area contributed by atoms with Gasteiger partial charge in [-0.1, -0.05) is 11.6 Å². The minimum absolute atomic E-state index is 0.0507. The van der Waals surface area contributed by atoms with E-state index in [4.69, 9.17) is 11.6 Å². The molecule has 1 heterocycles. The first-order chi connectivity index (χ1) is 19.0. The lowest BCUT2D eigenvalue weighted by molar-refractivity contribution is -0.120. The van der Waals surface area contributed by atoms with Crippen molar-refractivity contribution in [1.29, 1.82) is 0 Å². The lowest BCUT2D eigenvalue weighted by Gasteiger charge is -2.21. The molecule has 1 aliphatic carbocycles. The van der Waals surface area contributed by atoms with Crippen molar-refractivity contribution in [3.63, 3.8) is 0 Å². The molecule has 3 aromatic rings. The zero-order valence-electron chi connectivity index (χ0n) is 21.6. The average Bonchev–Trinajstić information content (AvgIpc) is 3.63. The van der Waals surface area contributed by atoms with Gasteiger partial charge in [0.25, 0.3) is 5.91 Å². The summed E-state index contributed by atoms with van der Waals surface area (Å²) in [4.78, 5) is 25.1. The van der Waals surface area contributed by atoms with Gasteiger partial charge in [0, 0.05) is 41.5 Å². The highest BCUT2D eigenvalue weighted by Gasteiger charge is 2.47. The lowest BCUT2D eigenvalue weighted by atomic mass is 10.0. The summed E-state index contributed by atoms with van der Waals surface area (Å²) in [6.45, 7) is 0. The van der Waals surface area contributed by atoms with Crippen molar-refractivity contribution in [1.82, 2.24) is 14.5 Å². The Morgan fingerprint density at radius 3 is 2.32 bits per heavy atom. The van der Waals surface area contributed by atoms with E-state index in [1.807, 2.05) is 0 Å². The number of benzene rings is 2. The topological polar surface area (TPSA) is 156 Å². The van der Waals surface area contributed by atoms with Crippen LogP contribution in [-0.4, -0.2) is 55.6 Å². The molecule has 0 saturated heterocycles. The number of sulfonamides is 1. The first-order valence-electron chi connectivity index (χ1n) is 12.1. The lowest BCUT2D eigenvalue weighted by Crippen LogP contribution is -2.41. The summed E-state index contributed by atoms with van der Waals surface area (Å²) in [7, 11) is -8.27. The second-order valence-electron chi connectivity index (χ2n) is 9.64. The van der Waals surface area contributed by atoms with Gasteiger partial charge in [0.2, 0.25) is 5.91 Å². The maximum Gasteiger partial charge on any atom is 0.516 e. The van der Waals surface area contributed by atoms with E-state index in [0.29, 0.717) is 32.9 Å². The van der Waals surface area contributed by atoms with Gasteiger partial charge in [-0.15, -0.1) is 0 Å². The van der Waals surface area contributed by atoms with Gasteiger partial charge in [-0.3, -0.25) is 14.3 Å². The van der Waals surface area contributed by atoms with E-state index >= 15 is 0 Å². The van der Waals surface area contributed by atoms with Crippen LogP contribution in [0.3, 0.4) is 0 Å². The molecule has 222 valence electrons. The quantitative estimate of drug-likeness (QED) is 0.303. The molecule has 41 heavy (non-hydrogen) atoms. The van der Waals surface area contributed by atoms with Crippen molar-refractivity contribution in [2.24, 2.45) is 7.05 Å². The summed E-state index contributed by atoms with van der Waals surface area (Å²) in [6.07, 6.45) is 1.14. The summed E-state index contributed by atoms with van der Waals surface area (Å²) in [5.41, 5.74) is -3.51. The Balaban J connectivity index is 1.60. The number of halogens is 4. The van der Waals surface area contributed by atoms with Gasteiger partial charge in [0.1, 0.15) is 11.1 Å². The number of aryl methyl sites for hydroxylation is 1. The number of aromatic nitrogens is 2. The molecule has 1 unspecified atom stereocenters. The second-order valence-corrected chi connectivity index (χ2v) is 14.0. The molecule has 1 fully saturated rings. The number of hydrogen-bond donors (Lipinski definition) is 3. The van der Waals surface area contributed by atoms with Gasteiger partial charge in [0.15, 0.2) is 9.84 Å². The van der Waals surface area contributed by atoms with Crippen molar-refractivity contribution >= 4 is 65.6 Å². The van der Waals surface area contributed by atoms with Crippen molar-refractivity contribution in [2.75, 3.05) is 16.9 Å². The molecule has 2 aromatic carbocycles. The van der Waals surface area contributed by atoms with Crippen LogP contribution in [0.2, 0.25) is 5.02 Å². The molecule has 11 nitrogen and oxygen atoms in total. The van der Waals surface area contributed by atoms with Gasteiger partial charge < -0.3 is 10.6 Å². The molecule has 0 aliphatic heterocycles. The number of amides is 2. The zero-order chi connectivity index (χ0) is 30.3. The highest BCUT2D eigenvalue weighted by molar-refractivity contribution is 7.91. The molecule has 0 spiro atoms. The average molecular weight is 636 g/mol. The molecule has 0 bridgehead atoms. The molecule has 1 atom stereocenters. The van der Waals surface area contributed by atoms with Crippen molar-refractivity contribution < 1.29 is 39.6 Å². The van der Waals surface area contributed by atoms with E-state index < -0.39 is 55.4 Å². The molecule has 3 N–H and O–H groups in total. The number of carbonyl (C=O) groups is 2. The highest BCUT2D eigenvalue weighted by atomic mass is 35.5. The predicted octanol–water partition coefficient (Wildman–Crippen LogP) is 3.89. The van der Waals surface area contributed by atoms with Gasteiger partial charge in [0.05, 0.1) is 5.52 Å². The summed E-state index contributed by atoms with van der Waals surface area (Å²) in [5, 5.41) is 9.60. The van der Waals surface area contributed by atoms with E-state index in [1.165, 1.54) is 4.68 Å². The van der Waals surface area contributed by atoms with Crippen molar-refractivity contribution in [3.8, 4) is 0 Å². The standard InChI is InChI=1S/C24H25ClF3N5O6S2/c1-33-22(23(35)29-15-7-5-14(25)6-8-15)17-11-16(13-3-4-13)18(12-19(17)31-33)30-21(40(2,36)37)10-9-20(34)32-41(38,39)24(26,27)28/h5-8,11-13,21,30H,3-4,9-10H2,1-2H3,(H,29,35)(H,32,34). The first kappa shape index (κ1) is 30.6. The fraction of sp³-hybridized carbons (Fsp3) is 0.375. The normalized spacial score (nSPS) is 15.0. The Kier molecular flexibility index (Phi) is 8.30. The number of carbonyl (C=O) groups excluding carboxylic acids is 2. The first-order valence-corrected chi connectivity index (χ1v) is 15.9. The molecular formula is C24H25ClF3N5O6S2. The summed E-state index contributed by atoms with van der Waals surface area (Å²) >= 11 is 5.90. The van der Waals surface area contributed by atoms with Crippen LogP contribution < -0.4 is 15.4 Å². The monoisotopic (exact) mass is 635 g/mol. The number of alkyl halides is 3. The van der Waals surface area contributed by atoms with Gasteiger partial charge >= 0.3 is 15.5 Å². The number of fused-ring (bicyclic) bond motifs is 1. The van der Waals surface area contributed by atoms with Gasteiger partial charge in [-0.2, -0.15) is 26.7 Å². The van der Waals surface area contributed by atoms with Gasteiger partial charge in [-0.05, 0) is 67.1 Å². The van der Waals surface area contributed by atoms with Crippen LogP contribution in [-0.2, 0) is 31.7 Å². The van der Waals surface area contributed by atoms with Crippen LogP contribution in [0, 0.1) is 0 Å². The predicted molar refractivity (Wildman–Crippen MR) is 147 cm³/mol. The van der Waals surface area contributed by atoms with Crippen LogP contribution in [0.4, 0.5) is 24.5 Å². The van der Waals surface area contributed by atoms with Crippen LogP contribution in [0.1, 0.15) is 47.7 Å². The van der Waals surface area contributed by atoms with Crippen molar-refractivity contribution in [3.05, 3.63) is 52.7 Å². The molecule has 2 amide bonds. The fourth-order valence-electron chi connectivity index (χ4n) is 4.20. The van der Waals surface area contributed by atoms with Crippen LogP contribution in [0.15, 0.2) is 36.4 Å². The summed E-state index contributed by atoms with van der Waals surface area (Å²) in [5.74, 6) is -1.89. The molecule has 4 rings (SSSR count). The minimum atomic E-state index is -5.92. The number of rotatable bonds is 10. The maximum absolute atomic E-state index is 13.1. The third-order valence-corrected chi connectivity index (χ3v) is 9.10. The maximum atomic E-state index is 13.1. The molecule has 0 radical (unpaired) electrons. The molecule has 1 saturated carbocycles. The zero-order valence-corrected chi connectivity index (χ0v) is 24.0. The van der Waals surface area contributed by atoms with Gasteiger partial charge in [-0.25, -0.2) is 13.1 Å². The second kappa shape index (κ2) is 11.1. The largest absolute Gasteiger partial charge is 0.516 e. The Hall–Kier alpha value is -3.37. The third-order valence-electron chi connectivity index (χ3n) is 6.36. The Bertz CT molecular complexity index is 1720. The molecule has 1 aromatic heterocycles. The van der Waals surface area contributed by atoms with E-state index in [0.717, 1.165) is 23.8 Å². The Labute approximate surface area is 238 Å². The number of nitrogens with one attached hydrogen (secondary N) is 3. The summed E-state index contributed by atoms with van der Waals surface area (Å²) < 4.78 is 87.5. The fourth-order valence-corrected chi connectivity index (χ4v) is 5.73. The van der Waals surface area contributed by atoms with E-state index in [1.54, 1.807) is 43.4 Å². The van der Waals surface area contributed by atoms with E-state index in [-0.39, 0.29) is 11.6 Å². The van der Waals surface area contributed by atoms with Crippen molar-refractivity contribution in [2.45, 2.75) is 42.5 Å².